The first kappa shape index (κ1) is 22.2. The van der Waals surface area contributed by atoms with Crippen LogP contribution in [0.15, 0.2) is 4.99 Å². The first-order valence-corrected chi connectivity index (χ1v) is 11.9. The standard InChI is InChI=1S/C20H38N4O2S/c1-5-21-19(23-16-10-9-11-17(14-16)27(26)6-2)22-15-20(12-7-8-13-20)18(25)24(3)4/h16-17H,5-15H2,1-4H3,(H2,21,22,23). The van der Waals surface area contributed by atoms with Crippen LogP contribution in [0.4, 0.5) is 0 Å². The third-order valence-corrected chi connectivity index (χ3v) is 7.67. The van der Waals surface area contributed by atoms with Gasteiger partial charge in [-0.05, 0) is 39.0 Å². The van der Waals surface area contributed by atoms with E-state index < -0.39 is 10.8 Å². The van der Waals surface area contributed by atoms with E-state index in [0.29, 0.717) is 17.8 Å². The van der Waals surface area contributed by atoms with Crippen molar-refractivity contribution in [1.29, 1.82) is 0 Å². The highest BCUT2D eigenvalue weighted by atomic mass is 32.2. The lowest BCUT2D eigenvalue weighted by molar-refractivity contribution is -0.138. The van der Waals surface area contributed by atoms with Gasteiger partial charge in [-0.25, -0.2) is 0 Å². The molecule has 2 rings (SSSR count). The number of rotatable bonds is 7. The molecule has 0 spiro atoms. The van der Waals surface area contributed by atoms with Gasteiger partial charge in [0.1, 0.15) is 0 Å². The number of nitrogens with zero attached hydrogens (tertiary/aromatic N) is 2. The van der Waals surface area contributed by atoms with Crippen molar-refractivity contribution in [3.05, 3.63) is 0 Å². The normalized spacial score (nSPS) is 26.4. The maximum atomic E-state index is 12.8. The van der Waals surface area contributed by atoms with Crippen molar-refractivity contribution in [1.82, 2.24) is 15.5 Å². The van der Waals surface area contributed by atoms with E-state index in [4.69, 9.17) is 4.99 Å². The second-order valence-corrected chi connectivity index (χ2v) is 10.2. The molecule has 0 aromatic rings. The summed E-state index contributed by atoms with van der Waals surface area (Å²) in [5.74, 6) is 1.74. The third kappa shape index (κ3) is 5.93. The summed E-state index contributed by atoms with van der Waals surface area (Å²) in [5, 5.41) is 7.18. The van der Waals surface area contributed by atoms with Gasteiger partial charge in [-0.3, -0.25) is 14.0 Å². The fraction of sp³-hybridized carbons (Fsp3) is 0.900. The van der Waals surface area contributed by atoms with Gasteiger partial charge < -0.3 is 15.5 Å². The number of carbonyl (C=O) groups excluding carboxylic acids is 1. The Labute approximate surface area is 167 Å². The van der Waals surface area contributed by atoms with Gasteiger partial charge in [-0.15, -0.1) is 0 Å². The zero-order valence-electron chi connectivity index (χ0n) is 17.6. The van der Waals surface area contributed by atoms with Crippen molar-refractivity contribution in [2.24, 2.45) is 10.4 Å². The van der Waals surface area contributed by atoms with E-state index in [1.165, 1.54) is 0 Å². The van der Waals surface area contributed by atoms with Crippen molar-refractivity contribution in [3.8, 4) is 0 Å². The van der Waals surface area contributed by atoms with Crippen LogP contribution in [0.25, 0.3) is 0 Å². The van der Waals surface area contributed by atoms with Crippen LogP contribution in [0.3, 0.4) is 0 Å². The second kappa shape index (κ2) is 10.4. The van der Waals surface area contributed by atoms with E-state index in [-0.39, 0.29) is 11.3 Å². The number of guanidine groups is 1. The Hall–Kier alpha value is -1.11. The van der Waals surface area contributed by atoms with E-state index in [1.807, 2.05) is 21.0 Å². The van der Waals surface area contributed by atoms with E-state index in [9.17, 15) is 9.00 Å². The highest BCUT2D eigenvalue weighted by molar-refractivity contribution is 7.85. The Kier molecular flexibility index (Phi) is 8.58. The average molecular weight is 399 g/mol. The predicted molar refractivity (Wildman–Crippen MR) is 113 cm³/mol. The lowest BCUT2D eigenvalue weighted by Crippen LogP contribution is -2.47. The number of hydrogen-bond donors (Lipinski definition) is 2. The Morgan fingerprint density at radius 2 is 1.89 bits per heavy atom. The second-order valence-electron chi connectivity index (χ2n) is 8.18. The lowest BCUT2D eigenvalue weighted by Gasteiger charge is -2.31. The van der Waals surface area contributed by atoms with Crippen molar-refractivity contribution in [3.63, 3.8) is 0 Å². The Morgan fingerprint density at radius 1 is 1.19 bits per heavy atom. The van der Waals surface area contributed by atoms with E-state index in [1.54, 1.807) is 4.90 Å². The first-order valence-electron chi connectivity index (χ1n) is 10.6. The molecular weight excluding hydrogens is 360 g/mol. The molecule has 0 aliphatic heterocycles. The van der Waals surface area contributed by atoms with Crippen molar-refractivity contribution in [2.45, 2.75) is 76.5 Å². The maximum Gasteiger partial charge on any atom is 0.230 e. The van der Waals surface area contributed by atoms with Gasteiger partial charge in [0.2, 0.25) is 5.91 Å². The molecule has 27 heavy (non-hydrogen) atoms. The van der Waals surface area contributed by atoms with Crippen LogP contribution in [0, 0.1) is 5.41 Å². The summed E-state index contributed by atoms with van der Waals surface area (Å²) in [6.45, 7) is 5.39. The molecule has 6 nitrogen and oxygen atoms in total. The maximum absolute atomic E-state index is 12.8. The summed E-state index contributed by atoms with van der Waals surface area (Å²) in [6.07, 6.45) is 8.25. The van der Waals surface area contributed by atoms with Gasteiger partial charge in [-0.2, -0.15) is 0 Å². The van der Waals surface area contributed by atoms with Crippen molar-refractivity contribution < 1.29 is 9.00 Å². The fourth-order valence-electron chi connectivity index (χ4n) is 4.46. The van der Waals surface area contributed by atoms with Gasteiger partial charge in [-0.1, -0.05) is 26.2 Å². The predicted octanol–water partition coefficient (Wildman–Crippen LogP) is 2.27. The van der Waals surface area contributed by atoms with Crippen LogP contribution in [0.5, 0.6) is 0 Å². The summed E-state index contributed by atoms with van der Waals surface area (Å²) in [5.41, 5.74) is -0.343. The molecule has 0 aromatic heterocycles. The molecule has 0 radical (unpaired) electrons. The monoisotopic (exact) mass is 398 g/mol. The zero-order valence-corrected chi connectivity index (χ0v) is 18.4. The minimum Gasteiger partial charge on any atom is -0.357 e. The zero-order chi connectivity index (χ0) is 19.9. The molecule has 2 saturated carbocycles. The van der Waals surface area contributed by atoms with Gasteiger partial charge in [0.05, 0.1) is 12.0 Å². The molecule has 0 heterocycles. The lowest BCUT2D eigenvalue weighted by atomic mass is 9.85. The van der Waals surface area contributed by atoms with Crippen LogP contribution in [-0.2, 0) is 15.6 Å². The highest BCUT2D eigenvalue weighted by Gasteiger charge is 2.42. The molecule has 2 aliphatic carbocycles. The largest absolute Gasteiger partial charge is 0.357 e. The molecule has 0 bridgehead atoms. The molecular formula is C20H38N4O2S. The topological polar surface area (TPSA) is 73.8 Å². The van der Waals surface area contributed by atoms with E-state index in [0.717, 1.165) is 69.6 Å². The minimum atomic E-state index is -0.727. The van der Waals surface area contributed by atoms with Gasteiger partial charge >= 0.3 is 0 Å². The molecule has 3 unspecified atom stereocenters. The quantitative estimate of drug-likeness (QED) is 0.510. The average Bonchev–Trinajstić information content (AvgIpc) is 3.15. The SMILES string of the molecule is CCNC(=NCC1(C(=O)N(C)C)CCCC1)NC1CCCC(S(=O)CC)C1. The number of hydrogen-bond acceptors (Lipinski definition) is 3. The molecule has 3 atom stereocenters. The third-order valence-electron chi connectivity index (χ3n) is 5.93. The van der Waals surface area contributed by atoms with E-state index in [2.05, 4.69) is 17.6 Å². The van der Waals surface area contributed by atoms with E-state index >= 15 is 0 Å². The highest BCUT2D eigenvalue weighted by Crippen LogP contribution is 2.39. The molecule has 156 valence electrons. The Bertz CT molecular complexity index is 544. The Morgan fingerprint density at radius 3 is 2.48 bits per heavy atom. The number of carbonyl (C=O) groups is 1. The fourth-order valence-corrected chi connectivity index (χ4v) is 5.81. The summed E-state index contributed by atoms with van der Waals surface area (Å²) in [7, 11) is 2.95. The van der Waals surface area contributed by atoms with Crippen LogP contribution in [-0.4, -0.2) is 65.2 Å². The van der Waals surface area contributed by atoms with Crippen LogP contribution in [0.1, 0.15) is 65.2 Å². The molecule has 0 aromatic carbocycles. The molecule has 1 amide bonds. The smallest absolute Gasteiger partial charge is 0.230 e. The molecule has 2 fully saturated rings. The minimum absolute atomic E-state index is 0.204. The summed E-state index contributed by atoms with van der Waals surface area (Å²) in [6, 6.07) is 0.307. The number of aliphatic imine (C=N–C) groups is 1. The number of nitrogens with one attached hydrogen (secondary N) is 2. The summed E-state index contributed by atoms with van der Waals surface area (Å²) >= 11 is 0. The van der Waals surface area contributed by atoms with Gasteiger partial charge in [0, 0.05) is 48.5 Å². The van der Waals surface area contributed by atoms with Crippen LogP contribution >= 0.6 is 0 Å². The summed E-state index contributed by atoms with van der Waals surface area (Å²) < 4.78 is 12.2. The molecule has 2 N–H and O–H groups in total. The molecule has 7 heteroatoms. The van der Waals surface area contributed by atoms with Crippen molar-refractivity contribution >= 4 is 22.7 Å². The van der Waals surface area contributed by atoms with Crippen LogP contribution in [0.2, 0.25) is 0 Å². The van der Waals surface area contributed by atoms with Gasteiger partial charge in [0.25, 0.3) is 0 Å². The van der Waals surface area contributed by atoms with Crippen molar-refractivity contribution in [2.75, 3.05) is 32.9 Å². The number of amides is 1. The first-order chi connectivity index (χ1) is 12.9. The molecule has 0 saturated heterocycles. The Balaban J connectivity index is 2.04. The molecule has 2 aliphatic rings. The summed E-state index contributed by atoms with van der Waals surface area (Å²) in [4.78, 5) is 19.3. The van der Waals surface area contributed by atoms with Crippen LogP contribution < -0.4 is 10.6 Å². The van der Waals surface area contributed by atoms with Gasteiger partial charge in [0.15, 0.2) is 5.96 Å².